The van der Waals surface area contributed by atoms with Crippen LogP contribution in [0.1, 0.15) is 6.92 Å². The Morgan fingerprint density at radius 2 is 1.74 bits per heavy atom. The predicted octanol–water partition coefficient (Wildman–Crippen LogP) is 2.64. The number of nitrogens with zero attached hydrogens (tertiary/aromatic N) is 1. The van der Waals surface area contributed by atoms with Crippen LogP contribution in [0.2, 0.25) is 0 Å². The molecule has 7 nitrogen and oxygen atoms in total. The highest BCUT2D eigenvalue weighted by atomic mass is 32.2. The molecule has 0 radical (unpaired) electrons. The molecule has 2 aromatic rings. The average Bonchev–Trinajstić information content (AvgIpc) is 2.62. The van der Waals surface area contributed by atoms with E-state index < -0.39 is 27.8 Å². The van der Waals surface area contributed by atoms with Crippen molar-refractivity contribution < 1.29 is 27.1 Å². The quantitative estimate of drug-likeness (QED) is 0.778. The molecule has 1 unspecified atom stereocenters. The van der Waals surface area contributed by atoms with Crippen molar-refractivity contribution in [1.82, 2.24) is 0 Å². The van der Waals surface area contributed by atoms with Gasteiger partial charge < -0.3 is 14.8 Å². The highest BCUT2D eigenvalue weighted by Crippen LogP contribution is 2.30. The van der Waals surface area contributed by atoms with Gasteiger partial charge in [0.05, 0.1) is 26.2 Å². The minimum atomic E-state index is -3.91. The maximum absolute atomic E-state index is 14.1. The zero-order valence-corrected chi connectivity index (χ0v) is 16.2. The summed E-state index contributed by atoms with van der Waals surface area (Å²) in [4.78, 5) is 12.6. The summed E-state index contributed by atoms with van der Waals surface area (Å²) in [5.74, 6) is -0.491. The van der Waals surface area contributed by atoms with Gasteiger partial charge in [-0.25, -0.2) is 12.8 Å². The molecule has 146 valence electrons. The number of sulfonamides is 1. The first-order chi connectivity index (χ1) is 12.7. The topological polar surface area (TPSA) is 84.9 Å². The third-order valence-electron chi connectivity index (χ3n) is 3.83. The van der Waals surface area contributed by atoms with Crippen molar-refractivity contribution in [2.45, 2.75) is 13.0 Å². The van der Waals surface area contributed by atoms with Crippen molar-refractivity contribution in [1.29, 1.82) is 0 Å². The normalized spacial score (nSPS) is 12.2. The van der Waals surface area contributed by atoms with Crippen LogP contribution in [0.25, 0.3) is 0 Å². The number of methoxy groups -OCH3 is 2. The second-order valence-corrected chi connectivity index (χ2v) is 7.60. The first kappa shape index (κ1) is 20.5. The largest absolute Gasteiger partial charge is 0.493 e. The van der Waals surface area contributed by atoms with Gasteiger partial charge in [0.15, 0.2) is 11.5 Å². The van der Waals surface area contributed by atoms with Crippen molar-refractivity contribution in [2.24, 2.45) is 0 Å². The summed E-state index contributed by atoms with van der Waals surface area (Å²) >= 11 is 0. The number of benzene rings is 2. The fraction of sp³-hybridized carbons (Fsp3) is 0.278. The molecule has 2 rings (SSSR count). The first-order valence-corrected chi connectivity index (χ1v) is 9.80. The molecule has 1 atom stereocenters. The van der Waals surface area contributed by atoms with Crippen molar-refractivity contribution >= 4 is 27.3 Å². The van der Waals surface area contributed by atoms with Crippen LogP contribution in [0.4, 0.5) is 15.8 Å². The number of hydrogen-bond donors (Lipinski definition) is 1. The lowest BCUT2D eigenvalue weighted by Crippen LogP contribution is -2.45. The summed E-state index contributed by atoms with van der Waals surface area (Å²) in [6.45, 7) is 1.38. The van der Waals surface area contributed by atoms with Gasteiger partial charge in [-0.2, -0.15) is 0 Å². The first-order valence-electron chi connectivity index (χ1n) is 7.96. The van der Waals surface area contributed by atoms with Crippen molar-refractivity contribution in [3.8, 4) is 11.5 Å². The van der Waals surface area contributed by atoms with E-state index in [1.807, 2.05) is 0 Å². The molecule has 0 spiro atoms. The van der Waals surface area contributed by atoms with E-state index in [0.717, 1.165) is 16.6 Å². The van der Waals surface area contributed by atoms with Crippen LogP contribution in [-0.2, 0) is 14.8 Å². The number of hydrogen-bond acceptors (Lipinski definition) is 5. The lowest BCUT2D eigenvalue weighted by Gasteiger charge is -2.28. The lowest BCUT2D eigenvalue weighted by atomic mass is 10.2. The third kappa shape index (κ3) is 4.68. The van der Waals surface area contributed by atoms with E-state index in [4.69, 9.17) is 9.47 Å². The van der Waals surface area contributed by atoms with Crippen LogP contribution in [-0.4, -0.2) is 40.8 Å². The van der Waals surface area contributed by atoms with Gasteiger partial charge in [0.25, 0.3) is 0 Å². The molecule has 0 bridgehead atoms. The number of ether oxygens (including phenoxy) is 2. The average molecular weight is 396 g/mol. The Morgan fingerprint density at radius 3 is 2.30 bits per heavy atom. The van der Waals surface area contributed by atoms with Gasteiger partial charge in [0.1, 0.15) is 11.9 Å². The van der Waals surface area contributed by atoms with E-state index in [0.29, 0.717) is 17.2 Å². The Hall–Kier alpha value is -2.81. The van der Waals surface area contributed by atoms with Gasteiger partial charge in [-0.15, -0.1) is 0 Å². The van der Waals surface area contributed by atoms with Gasteiger partial charge in [0, 0.05) is 11.8 Å². The number of para-hydroxylation sites is 1. The van der Waals surface area contributed by atoms with E-state index in [1.54, 1.807) is 12.1 Å². The Balaban J connectivity index is 2.32. The van der Waals surface area contributed by atoms with Crippen molar-refractivity contribution in [3.05, 3.63) is 48.3 Å². The van der Waals surface area contributed by atoms with Crippen LogP contribution in [0.5, 0.6) is 11.5 Å². The van der Waals surface area contributed by atoms with E-state index in [9.17, 15) is 17.6 Å². The van der Waals surface area contributed by atoms with E-state index in [2.05, 4.69) is 5.32 Å². The highest BCUT2D eigenvalue weighted by Gasteiger charge is 2.31. The molecule has 0 aliphatic carbocycles. The van der Waals surface area contributed by atoms with E-state index in [-0.39, 0.29) is 5.69 Å². The Morgan fingerprint density at radius 1 is 1.11 bits per heavy atom. The number of carbonyl (C=O) groups excluding carboxylic acids is 1. The summed E-state index contributed by atoms with van der Waals surface area (Å²) in [7, 11) is -0.976. The zero-order valence-electron chi connectivity index (χ0n) is 15.4. The Labute approximate surface area is 157 Å². The predicted molar refractivity (Wildman–Crippen MR) is 101 cm³/mol. The van der Waals surface area contributed by atoms with Gasteiger partial charge in [-0.05, 0) is 31.2 Å². The molecular weight excluding hydrogens is 375 g/mol. The fourth-order valence-corrected chi connectivity index (χ4v) is 3.75. The number of carbonyl (C=O) groups is 1. The highest BCUT2D eigenvalue weighted by molar-refractivity contribution is 7.92. The zero-order chi connectivity index (χ0) is 20.2. The number of halogens is 1. The molecule has 0 saturated carbocycles. The van der Waals surface area contributed by atoms with Crippen LogP contribution >= 0.6 is 0 Å². The third-order valence-corrected chi connectivity index (χ3v) is 5.06. The number of nitrogens with one attached hydrogen (secondary N) is 1. The number of anilines is 2. The second kappa shape index (κ2) is 8.26. The van der Waals surface area contributed by atoms with Gasteiger partial charge >= 0.3 is 0 Å². The summed E-state index contributed by atoms with van der Waals surface area (Å²) in [5.41, 5.74) is 0.182. The maximum Gasteiger partial charge on any atom is 0.247 e. The Kier molecular flexibility index (Phi) is 6.27. The van der Waals surface area contributed by atoms with E-state index in [1.165, 1.54) is 45.4 Å². The van der Waals surface area contributed by atoms with Gasteiger partial charge in [-0.3, -0.25) is 9.10 Å². The van der Waals surface area contributed by atoms with Crippen LogP contribution in [0.3, 0.4) is 0 Å². The molecule has 2 aromatic carbocycles. The molecule has 0 fully saturated rings. The van der Waals surface area contributed by atoms with Gasteiger partial charge in [0.2, 0.25) is 15.9 Å². The molecule has 0 aliphatic heterocycles. The molecule has 1 N–H and O–H groups in total. The summed E-state index contributed by atoms with van der Waals surface area (Å²) in [6, 6.07) is 8.90. The fourth-order valence-electron chi connectivity index (χ4n) is 2.57. The smallest absolute Gasteiger partial charge is 0.247 e. The molecule has 0 heterocycles. The molecule has 27 heavy (non-hydrogen) atoms. The molecule has 0 aromatic heterocycles. The van der Waals surface area contributed by atoms with Crippen LogP contribution < -0.4 is 19.1 Å². The summed E-state index contributed by atoms with van der Waals surface area (Å²) in [5, 5.41) is 2.61. The molecule has 0 aliphatic rings. The Bertz CT molecular complexity index is 933. The van der Waals surface area contributed by atoms with E-state index >= 15 is 0 Å². The maximum atomic E-state index is 14.1. The van der Waals surface area contributed by atoms with Gasteiger partial charge in [-0.1, -0.05) is 12.1 Å². The molecular formula is C18H21FN2O5S. The minimum absolute atomic E-state index is 0.199. The minimum Gasteiger partial charge on any atom is -0.493 e. The van der Waals surface area contributed by atoms with Crippen LogP contribution in [0, 0.1) is 5.82 Å². The number of rotatable bonds is 7. The second-order valence-electron chi connectivity index (χ2n) is 5.75. The lowest BCUT2D eigenvalue weighted by molar-refractivity contribution is -0.116. The van der Waals surface area contributed by atoms with Crippen molar-refractivity contribution in [3.63, 3.8) is 0 Å². The molecule has 1 amide bonds. The number of amides is 1. The van der Waals surface area contributed by atoms with Crippen molar-refractivity contribution in [2.75, 3.05) is 30.1 Å². The SMILES string of the molecule is COc1ccc(NC(=O)C(C)N(c2ccccc2F)S(C)(=O)=O)cc1OC. The standard InChI is InChI=1S/C18H21FN2O5S/c1-12(21(27(4,23)24)15-8-6-5-7-14(15)19)18(22)20-13-9-10-16(25-2)17(11-13)26-3/h5-12H,1-4H3,(H,20,22). The summed E-state index contributed by atoms with van der Waals surface area (Å²) in [6.07, 6.45) is 0.916. The molecule has 0 saturated heterocycles. The van der Waals surface area contributed by atoms with Crippen LogP contribution in [0.15, 0.2) is 42.5 Å². The summed E-state index contributed by atoms with van der Waals surface area (Å²) < 4.78 is 49.6. The monoisotopic (exact) mass is 396 g/mol. The molecule has 9 heteroatoms.